The summed E-state index contributed by atoms with van der Waals surface area (Å²) in [4.78, 5) is 24.4. The third kappa shape index (κ3) is 2.49. The van der Waals surface area contributed by atoms with Crippen LogP contribution in [0.25, 0.3) is 0 Å². The topological polar surface area (TPSA) is 43.4 Å². The van der Waals surface area contributed by atoms with Crippen LogP contribution in [0.2, 0.25) is 0 Å². The monoisotopic (exact) mass is 264 g/mol. The summed E-state index contributed by atoms with van der Waals surface area (Å²) in [6.07, 6.45) is 7.74. The van der Waals surface area contributed by atoms with Crippen molar-refractivity contribution in [3.63, 3.8) is 0 Å². The van der Waals surface area contributed by atoms with Crippen LogP contribution < -0.4 is 0 Å². The molecule has 4 fully saturated rings. The van der Waals surface area contributed by atoms with Gasteiger partial charge in [-0.25, -0.2) is 0 Å². The molecular formula is C16H24O3. The molecule has 0 radical (unpaired) electrons. The normalized spacial score (nSPS) is 39.5. The summed E-state index contributed by atoms with van der Waals surface area (Å²) in [6.45, 7) is 0.437. The van der Waals surface area contributed by atoms with Crippen LogP contribution in [0, 0.1) is 23.2 Å². The smallest absolute Gasteiger partial charge is 0.146 e. The summed E-state index contributed by atoms with van der Waals surface area (Å²) in [5, 5.41) is 0. The maximum Gasteiger partial charge on any atom is 0.146 e. The Balaban J connectivity index is 1.64. The third-order valence-corrected chi connectivity index (χ3v) is 5.57. The molecule has 4 rings (SSSR count). The predicted octanol–water partition coefficient (Wildman–Crippen LogP) is 2.77. The molecule has 0 atom stereocenters. The Kier molecular flexibility index (Phi) is 3.50. The molecular weight excluding hydrogens is 240 g/mol. The third-order valence-electron chi connectivity index (χ3n) is 5.57. The molecule has 0 unspecified atom stereocenters. The lowest BCUT2D eigenvalue weighted by Gasteiger charge is -2.56. The largest absolute Gasteiger partial charge is 0.384 e. The van der Waals surface area contributed by atoms with Crippen LogP contribution in [-0.2, 0) is 14.3 Å². The molecule has 0 heterocycles. The lowest BCUT2D eigenvalue weighted by molar-refractivity contribution is -0.146. The SMILES string of the molecule is COCCC(=O)CC(=O)C12CC3CC(CC(C3)C1)C2. The average Bonchev–Trinajstić information content (AvgIpc) is 2.34. The fraction of sp³-hybridized carbons (Fsp3) is 0.875. The van der Waals surface area contributed by atoms with E-state index in [0.29, 0.717) is 13.0 Å². The van der Waals surface area contributed by atoms with Gasteiger partial charge in [0.15, 0.2) is 0 Å². The van der Waals surface area contributed by atoms with E-state index in [0.717, 1.165) is 37.0 Å². The number of hydrogen-bond acceptors (Lipinski definition) is 3. The van der Waals surface area contributed by atoms with Gasteiger partial charge in [0.1, 0.15) is 11.6 Å². The molecule has 4 bridgehead atoms. The Hall–Kier alpha value is -0.700. The van der Waals surface area contributed by atoms with Crippen LogP contribution in [0.5, 0.6) is 0 Å². The zero-order chi connectivity index (χ0) is 13.5. The fourth-order valence-corrected chi connectivity index (χ4v) is 5.12. The van der Waals surface area contributed by atoms with Gasteiger partial charge in [0.25, 0.3) is 0 Å². The van der Waals surface area contributed by atoms with E-state index in [4.69, 9.17) is 4.74 Å². The second kappa shape index (κ2) is 5.01. The Morgan fingerprint density at radius 3 is 2.05 bits per heavy atom. The van der Waals surface area contributed by atoms with E-state index in [1.54, 1.807) is 7.11 Å². The van der Waals surface area contributed by atoms with Crippen LogP contribution in [0.4, 0.5) is 0 Å². The first kappa shape index (κ1) is 13.3. The van der Waals surface area contributed by atoms with Gasteiger partial charge in [-0.1, -0.05) is 0 Å². The van der Waals surface area contributed by atoms with Crippen molar-refractivity contribution < 1.29 is 14.3 Å². The van der Waals surface area contributed by atoms with Gasteiger partial charge in [-0.05, 0) is 56.3 Å². The van der Waals surface area contributed by atoms with Crippen molar-refractivity contribution in [2.75, 3.05) is 13.7 Å². The van der Waals surface area contributed by atoms with Crippen molar-refractivity contribution in [2.24, 2.45) is 23.2 Å². The minimum atomic E-state index is -0.114. The lowest BCUT2D eigenvalue weighted by atomic mass is 9.48. The van der Waals surface area contributed by atoms with E-state index in [1.807, 2.05) is 0 Å². The van der Waals surface area contributed by atoms with Gasteiger partial charge >= 0.3 is 0 Å². The minimum Gasteiger partial charge on any atom is -0.384 e. The molecule has 106 valence electrons. The number of methoxy groups -OCH3 is 1. The molecule has 4 aliphatic carbocycles. The molecule has 3 heteroatoms. The van der Waals surface area contributed by atoms with Crippen LogP contribution >= 0.6 is 0 Å². The van der Waals surface area contributed by atoms with Gasteiger partial charge in [0.2, 0.25) is 0 Å². The quantitative estimate of drug-likeness (QED) is 0.693. The summed E-state index contributed by atoms with van der Waals surface area (Å²) in [5.74, 6) is 2.60. The van der Waals surface area contributed by atoms with Gasteiger partial charge in [-0.15, -0.1) is 0 Å². The molecule has 4 aliphatic rings. The second-order valence-electron chi connectivity index (χ2n) is 7.08. The van der Waals surface area contributed by atoms with Crippen molar-refractivity contribution in [3.8, 4) is 0 Å². The Labute approximate surface area is 115 Å². The molecule has 0 aromatic carbocycles. The van der Waals surface area contributed by atoms with Gasteiger partial charge in [0, 0.05) is 18.9 Å². The second-order valence-corrected chi connectivity index (χ2v) is 7.08. The van der Waals surface area contributed by atoms with Crippen molar-refractivity contribution >= 4 is 11.6 Å². The molecule has 3 nitrogen and oxygen atoms in total. The molecule has 0 aromatic rings. The fourth-order valence-electron chi connectivity index (χ4n) is 5.12. The number of Topliss-reactive ketones (excluding diaryl/α,β-unsaturated/α-hetero) is 2. The number of ether oxygens (including phenoxy) is 1. The minimum absolute atomic E-state index is 0.0580. The number of rotatable bonds is 6. The highest BCUT2D eigenvalue weighted by atomic mass is 16.5. The van der Waals surface area contributed by atoms with E-state index in [-0.39, 0.29) is 23.4 Å². The highest BCUT2D eigenvalue weighted by molar-refractivity contribution is 6.02. The van der Waals surface area contributed by atoms with Crippen LogP contribution in [0.3, 0.4) is 0 Å². The Bertz CT molecular complexity index is 350. The van der Waals surface area contributed by atoms with Gasteiger partial charge in [0.05, 0.1) is 13.0 Å². The van der Waals surface area contributed by atoms with Gasteiger partial charge < -0.3 is 4.74 Å². The maximum absolute atomic E-state index is 12.6. The molecule has 0 amide bonds. The zero-order valence-corrected chi connectivity index (χ0v) is 11.8. The van der Waals surface area contributed by atoms with E-state index in [9.17, 15) is 9.59 Å². The maximum atomic E-state index is 12.6. The molecule has 0 saturated heterocycles. The van der Waals surface area contributed by atoms with Crippen LogP contribution in [-0.4, -0.2) is 25.3 Å². The van der Waals surface area contributed by atoms with Gasteiger partial charge in [-0.3, -0.25) is 9.59 Å². The standard InChI is InChI=1S/C16H24O3/c1-19-3-2-14(17)7-15(18)16-8-11-4-12(9-16)6-13(5-11)10-16/h11-13H,2-10H2,1H3. The van der Waals surface area contributed by atoms with E-state index in [2.05, 4.69) is 0 Å². The Morgan fingerprint density at radius 2 is 1.58 bits per heavy atom. The number of carbonyl (C=O) groups is 2. The lowest BCUT2D eigenvalue weighted by Crippen LogP contribution is -2.50. The summed E-state index contributed by atoms with van der Waals surface area (Å²) in [6, 6.07) is 0. The number of carbonyl (C=O) groups excluding carboxylic acids is 2. The number of ketones is 2. The van der Waals surface area contributed by atoms with Crippen molar-refractivity contribution in [1.82, 2.24) is 0 Å². The summed E-state index contributed by atoms with van der Waals surface area (Å²) >= 11 is 0. The molecule has 0 spiro atoms. The Morgan fingerprint density at radius 1 is 1.05 bits per heavy atom. The number of hydrogen-bond donors (Lipinski definition) is 0. The molecule has 4 saturated carbocycles. The average molecular weight is 264 g/mol. The molecule has 0 aromatic heterocycles. The first-order valence-electron chi connectivity index (χ1n) is 7.65. The van der Waals surface area contributed by atoms with E-state index >= 15 is 0 Å². The summed E-state index contributed by atoms with van der Waals surface area (Å²) in [5.41, 5.74) is -0.114. The highest BCUT2D eigenvalue weighted by Gasteiger charge is 2.54. The summed E-state index contributed by atoms with van der Waals surface area (Å²) in [7, 11) is 1.59. The van der Waals surface area contributed by atoms with Gasteiger partial charge in [-0.2, -0.15) is 0 Å². The molecule has 0 N–H and O–H groups in total. The predicted molar refractivity (Wildman–Crippen MR) is 71.7 cm³/mol. The van der Waals surface area contributed by atoms with E-state index < -0.39 is 0 Å². The highest BCUT2D eigenvalue weighted by Crippen LogP contribution is 2.60. The first-order valence-corrected chi connectivity index (χ1v) is 7.65. The van der Waals surface area contributed by atoms with Crippen LogP contribution in [0.15, 0.2) is 0 Å². The first-order chi connectivity index (χ1) is 9.11. The van der Waals surface area contributed by atoms with Crippen molar-refractivity contribution in [3.05, 3.63) is 0 Å². The zero-order valence-electron chi connectivity index (χ0n) is 11.8. The van der Waals surface area contributed by atoms with Crippen molar-refractivity contribution in [2.45, 2.75) is 51.4 Å². The summed E-state index contributed by atoms with van der Waals surface area (Å²) < 4.78 is 4.91. The van der Waals surface area contributed by atoms with Crippen LogP contribution in [0.1, 0.15) is 51.4 Å². The molecule has 19 heavy (non-hydrogen) atoms. The molecule has 0 aliphatic heterocycles. The van der Waals surface area contributed by atoms with E-state index in [1.165, 1.54) is 19.3 Å². The van der Waals surface area contributed by atoms with Crippen molar-refractivity contribution in [1.29, 1.82) is 0 Å².